The van der Waals surface area contributed by atoms with Gasteiger partial charge in [-0.1, -0.05) is 41.5 Å². The van der Waals surface area contributed by atoms with Crippen LogP contribution in [0.5, 0.6) is 11.5 Å². The van der Waals surface area contributed by atoms with Crippen LogP contribution in [0.2, 0.25) is 6.04 Å². The van der Waals surface area contributed by atoms with Gasteiger partial charge in [0.15, 0.2) is 0 Å². The molecule has 0 aliphatic heterocycles. The zero-order valence-corrected chi connectivity index (χ0v) is 18.9. The first-order valence-corrected chi connectivity index (χ1v) is 11.0. The summed E-state index contributed by atoms with van der Waals surface area (Å²) in [6.45, 7) is 13.1. The van der Waals surface area contributed by atoms with E-state index in [1.807, 2.05) is 12.1 Å². The van der Waals surface area contributed by atoms with E-state index in [1.54, 1.807) is 21.3 Å². The number of hydrogen-bond acceptors (Lipinski definition) is 5. The van der Waals surface area contributed by atoms with Crippen LogP contribution in [0, 0.1) is 0 Å². The summed E-state index contributed by atoms with van der Waals surface area (Å²) >= 11 is 0. The third-order valence-electron chi connectivity index (χ3n) is 4.53. The molecule has 0 saturated carbocycles. The summed E-state index contributed by atoms with van der Waals surface area (Å²) in [5.74, 6) is 1.14. The summed E-state index contributed by atoms with van der Waals surface area (Å²) in [6, 6.07) is 4.57. The van der Waals surface area contributed by atoms with Crippen molar-refractivity contribution in [3.8, 4) is 11.5 Å². The lowest BCUT2D eigenvalue weighted by Gasteiger charge is -2.28. The first-order valence-electron chi connectivity index (χ1n) is 9.06. The van der Waals surface area contributed by atoms with Gasteiger partial charge in [0, 0.05) is 38.5 Å². The Morgan fingerprint density at radius 3 is 1.62 bits per heavy atom. The van der Waals surface area contributed by atoms with Gasteiger partial charge in [-0.25, -0.2) is 0 Å². The van der Waals surface area contributed by atoms with E-state index in [0.717, 1.165) is 23.3 Å². The Labute approximate surface area is 160 Å². The molecular weight excluding hydrogens is 348 g/mol. The lowest BCUT2D eigenvalue weighted by atomic mass is 9.79. The SMILES string of the molecule is CO[Si](CCCOc1cc(C(C)(C)C)c(O)c(C(C)(C)C)c1)(OC)OC. The van der Waals surface area contributed by atoms with Crippen molar-refractivity contribution in [2.24, 2.45) is 0 Å². The van der Waals surface area contributed by atoms with Crippen LogP contribution >= 0.6 is 0 Å². The number of phenols is 1. The van der Waals surface area contributed by atoms with Gasteiger partial charge in [0.1, 0.15) is 11.5 Å². The average molecular weight is 385 g/mol. The van der Waals surface area contributed by atoms with Gasteiger partial charge in [-0.2, -0.15) is 0 Å². The predicted octanol–water partition coefficient (Wildman–Crippen LogP) is 4.63. The summed E-state index contributed by atoms with van der Waals surface area (Å²) in [6.07, 6.45) is 0.762. The fourth-order valence-electron chi connectivity index (χ4n) is 2.87. The molecule has 0 bridgehead atoms. The number of phenolic OH excluding ortho intramolecular Hbond substituents is 1. The van der Waals surface area contributed by atoms with Crippen LogP contribution in [-0.4, -0.2) is 41.8 Å². The minimum atomic E-state index is -2.57. The molecule has 26 heavy (non-hydrogen) atoms. The highest BCUT2D eigenvalue weighted by atomic mass is 28.4. The molecule has 1 rings (SSSR count). The number of ether oxygens (including phenoxy) is 1. The van der Waals surface area contributed by atoms with E-state index in [1.165, 1.54) is 0 Å². The molecule has 0 aliphatic rings. The molecule has 0 heterocycles. The van der Waals surface area contributed by atoms with Gasteiger partial charge in [-0.15, -0.1) is 0 Å². The van der Waals surface area contributed by atoms with Crippen LogP contribution in [0.25, 0.3) is 0 Å². The van der Waals surface area contributed by atoms with Crippen molar-refractivity contribution < 1.29 is 23.1 Å². The predicted molar refractivity (Wildman–Crippen MR) is 107 cm³/mol. The Morgan fingerprint density at radius 1 is 0.846 bits per heavy atom. The Kier molecular flexibility index (Phi) is 7.71. The quantitative estimate of drug-likeness (QED) is 0.523. The first kappa shape index (κ1) is 23.0. The van der Waals surface area contributed by atoms with E-state index >= 15 is 0 Å². The molecule has 0 unspecified atom stereocenters. The largest absolute Gasteiger partial charge is 0.507 e. The van der Waals surface area contributed by atoms with Gasteiger partial charge >= 0.3 is 8.80 Å². The molecule has 0 radical (unpaired) electrons. The van der Waals surface area contributed by atoms with Crippen molar-refractivity contribution >= 4 is 8.80 Å². The summed E-state index contributed by atoms with van der Waals surface area (Å²) < 4.78 is 22.3. The minimum absolute atomic E-state index is 0.173. The normalized spacial score (nSPS) is 13.1. The van der Waals surface area contributed by atoms with Crippen molar-refractivity contribution in [3.05, 3.63) is 23.3 Å². The molecule has 0 fully saturated rings. The third-order valence-corrected chi connectivity index (χ3v) is 7.36. The van der Waals surface area contributed by atoms with Crippen LogP contribution in [0.1, 0.15) is 59.1 Å². The lowest BCUT2D eigenvalue weighted by molar-refractivity contribution is 0.121. The van der Waals surface area contributed by atoms with Crippen LogP contribution < -0.4 is 4.74 Å². The second-order valence-electron chi connectivity index (χ2n) is 8.61. The summed E-state index contributed by atoms with van der Waals surface area (Å²) in [7, 11) is 2.28. The summed E-state index contributed by atoms with van der Waals surface area (Å²) in [5.41, 5.74) is 1.45. The zero-order chi connectivity index (χ0) is 20.2. The highest BCUT2D eigenvalue weighted by Gasteiger charge is 2.37. The fourth-order valence-corrected chi connectivity index (χ4v) is 4.56. The molecule has 1 aromatic rings. The highest BCUT2D eigenvalue weighted by Crippen LogP contribution is 2.41. The van der Waals surface area contributed by atoms with Crippen molar-refractivity contribution in [3.63, 3.8) is 0 Å². The second kappa shape index (κ2) is 8.74. The number of aromatic hydroxyl groups is 1. The zero-order valence-electron chi connectivity index (χ0n) is 17.9. The van der Waals surface area contributed by atoms with E-state index < -0.39 is 8.80 Å². The highest BCUT2D eigenvalue weighted by molar-refractivity contribution is 6.60. The molecule has 5 nitrogen and oxygen atoms in total. The van der Waals surface area contributed by atoms with Crippen molar-refractivity contribution in [1.82, 2.24) is 0 Å². The molecule has 6 heteroatoms. The van der Waals surface area contributed by atoms with Crippen LogP contribution in [0.3, 0.4) is 0 Å². The van der Waals surface area contributed by atoms with Gasteiger partial charge in [0.2, 0.25) is 0 Å². The molecule has 0 saturated heterocycles. The van der Waals surface area contributed by atoms with E-state index in [4.69, 9.17) is 18.0 Å². The number of benzene rings is 1. The van der Waals surface area contributed by atoms with E-state index in [-0.39, 0.29) is 10.8 Å². The Hall–Kier alpha value is -1.08. The van der Waals surface area contributed by atoms with Gasteiger partial charge in [0.25, 0.3) is 0 Å². The van der Waals surface area contributed by atoms with Gasteiger partial charge in [-0.3, -0.25) is 0 Å². The molecular formula is C20H36O5Si. The summed E-state index contributed by atoms with van der Waals surface area (Å²) in [4.78, 5) is 0. The first-order chi connectivity index (χ1) is 11.9. The lowest BCUT2D eigenvalue weighted by Crippen LogP contribution is -2.42. The summed E-state index contributed by atoms with van der Waals surface area (Å²) in [5, 5.41) is 10.8. The fraction of sp³-hybridized carbons (Fsp3) is 0.700. The van der Waals surface area contributed by atoms with Crippen molar-refractivity contribution in [2.45, 2.75) is 64.8 Å². The number of rotatable bonds is 8. The van der Waals surface area contributed by atoms with Crippen molar-refractivity contribution in [1.29, 1.82) is 0 Å². The Morgan fingerprint density at radius 2 is 1.27 bits per heavy atom. The third kappa shape index (κ3) is 5.71. The van der Waals surface area contributed by atoms with Crippen LogP contribution in [0.4, 0.5) is 0 Å². The van der Waals surface area contributed by atoms with E-state index in [2.05, 4.69) is 41.5 Å². The molecule has 1 N–H and O–H groups in total. The molecule has 0 aliphatic carbocycles. The van der Waals surface area contributed by atoms with Gasteiger partial charge in [0.05, 0.1) is 6.61 Å². The number of hydrogen-bond donors (Lipinski definition) is 1. The molecule has 0 aromatic heterocycles. The molecule has 150 valence electrons. The average Bonchev–Trinajstić information content (AvgIpc) is 2.54. The van der Waals surface area contributed by atoms with Crippen molar-refractivity contribution in [2.75, 3.05) is 27.9 Å². The molecule has 0 atom stereocenters. The monoisotopic (exact) mass is 384 g/mol. The van der Waals surface area contributed by atoms with Gasteiger partial charge < -0.3 is 23.1 Å². The maximum Gasteiger partial charge on any atom is 0.500 e. The molecule has 1 aromatic carbocycles. The van der Waals surface area contributed by atoms with E-state index in [9.17, 15) is 5.11 Å². The van der Waals surface area contributed by atoms with Gasteiger partial charge in [-0.05, 0) is 29.4 Å². The maximum absolute atomic E-state index is 10.8. The topological polar surface area (TPSA) is 57.2 Å². The molecule has 0 amide bonds. The van der Waals surface area contributed by atoms with Crippen LogP contribution in [-0.2, 0) is 24.1 Å². The molecule has 0 spiro atoms. The second-order valence-corrected chi connectivity index (χ2v) is 11.7. The van der Waals surface area contributed by atoms with Crippen LogP contribution in [0.15, 0.2) is 12.1 Å². The smallest absolute Gasteiger partial charge is 0.500 e. The minimum Gasteiger partial charge on any atom is -0.507 e. The Balaban J connectivity index is 2.97. The maximum atomic E-state index is 10.8. The van der Waals surface area contributed by atoms with E-state index in [0.29, 0.717) is 18.4 Å². The Bertz CT molecular complexity index is 540. The standard InChI is InChI=1S/C20H36O5Si/c1-19(2,3)16-13-15(14-17(18(16)21)20(4,5)6)25-11-10-12-26(22-7,23-8)24-9/h13-14,21H,10-12H2,1-9H3.